The summed E-state index contributed by atoms with van der Waals surface area (Å²) in [6.07, 6.45) is 0. The van der Waals surface area contributed by atoms with Crippen molar-refractivity contribution >= 4 is 83.3 Å². The van der Waals surface area contributed by atoms with E-state index in [-0.39, 0.29) is 105 Å². The third-order valence-electron chi connectivity index (χ3n) is 0. The summed E-state index contributed by atoms with van der Waals surface area (Å²) in [5.41, 5.74) is 0. The van der Waals surface area contributed by atoms with Gasteiger partial charge in [0.2, 0.25) is 0 Å². The van der Waals surface area contributed by atoms with Crippen LogP contribution in [0.15, 0.2) is 10.7 Å². The van der Waals surface area contributed by atoms with Gasteiger partial charge in [0.25, 0.3) is 0 Å². The van der Waals surface area contributed by atoms with Gasteiger partial charge in [0.1, 0.15) is 0 Å². The van der Waals surface area contributed by atoms with Crippen molar-refractivity contribution in [3.05, 3.63) is 20.2 Å². The van der Waals surface area contributed by atoms with Gasteiger partial charge < -0.3 is 39.5 Å². The molecule has 0 saturated carbocycles. The Balaban J connectivity index is -0.0000000162. The average Bonchev–Trinajstić information content (AvgIpc) is 1.62. The Kier molecular flexibility index (Phi) is 75.9. The van der Waals surface area contributed by atoms with E-state index in [0.29, 0.717) is 0 Å². The van der Waals surface area contributed by atoms with Crippen molar-refractivity contribution in [2.45, 2.75) is 0 Å². The molecule has 0 spiro atoms. The van der Waals surface area contributed by atoms with E-state index in [1.165, 1.54) is 0 Å². The first kappa shape index (κ1) is 36.0. The molecule has 68 valence electrons. The van der Waals surface area contributed by atoms with Crippen LogP contribution >= 0.6 is 7.82 Å². The van der Waals surface area contributed by atoms with Crippen molar-refractivity contribution in [3.8, 4) is 0 Å². The molecular weight excluding hydrogens is 290 g/mol. The van der Waals surface area contributed by atoms with Crippen LogP contribution in [0.4, 0.5) is 0 Å². The van der Waals surface area contributed by atoms with E-state index in [4.69, 9.17) is 39.5 Å². The summed E-state index contributed by atoms with van der Waals surface area (Å²) >= 11 is 0. The van der Waals surface area contributed by atoms with Crippen molar-refractivity contribution in [2.75, 3.05) is 0 Å². The molecular formula is Ca2N2NaO8P. The standard InChI is InChI=1S/2Ca.2HNO2.Na.H3O4P/c;;2*2-1-3;;1-5(2,3)4/h;;2*(H,2,3);;(H3,1,2,3,4)/q2*+2;;;+1;/p-5. The van der Waals surface area contributed by atoms with Gasteiger partial charge >= 0.3 is 105 Å². The Morgan fingerprint density at radius 1 is 0.857 bits per heavy atom. The Morgan fingerprint density at radius 3 is 0.857 bits per heavy atom. The predicted molar refractivity (Wildman–Crippen MR) is 37.4 cm³/mol. The van der Waals surface area contributed by atoms with E-state index in [2.05, 4.69) is 0 Å². The van der Waals surface area contributed by atoms with Crippen LogP contribution in [0.1, 0.15) is 0 Å². The summed E-state index contributed by atoms with van der Waals surface area (Å²) in [6, 6.07) is 0. The van der Waals surface area contributed by atoms with Crippen molar-refractivity contribution in [1.82, 2.24) is 0 Å². The van der Waals surface area contributed by atoms with E-state index in [1.807, 2.05) is 0 Å². The summed E-state index contributed by atoms with van der Waals surface area (Å²) in [5, 5.41) is 18.0. The molecule has 14 heteroatoms. The fourth-order valence-electron chi connectivity index (χ4n) is 0. The number of hydrogen-bond acceptors (Lipinski definition) is 10. The molecule has 0 aromatic rings. The second-order valence-electron chi connectivity index (χ2n) is 0.596. The minimum Gasteiger partial charge on any atom is -0.822 e. The van der Waals surface area contributed by atoms with Crippen LogP contribution < -0.4 is 44.2 Å². The van der Waals surface area contributed by atoms with E-state index in [9.17, 15) is 0 Å². The molecule has 0 unspecified atom stereocenters. The molecule has 0 aliphatic rings. The van der Waals surface area contributed by atoms with Crippen LogP contribution in [0.3, 0.4) is 0 Å². The van der Waals surface area contributed by atoms with Gasteiger partial charge in [-0.05, 0) is 0 Å². The molecule has 0 atom stereocenters. The van der Waals surface area contributed by atoms with Gasteiger partial charge in [-0.25, -0.2) is 0 Å². The van der Waals surface area contributed by atoms with Gasteiger partial charge in [-0.15, -0.1) is 10.7 Å². The summed E-state index contributed by atoms with van der Waals surface area (Å²) < 4.78 is 8.55. The Bertz CT molecular complexity index is 123. The Hall–Kier alpha value is 2.43. The summed E-state index contributed by atoms with van der Waals surface area (Å²) in [5.74, 6) is 0. The van der Waals surface area contributed by atoms with E-state index < -0.39 is 7.82 Å². The van der Waals surface area contributed by atoms with Crippen LogP contribution in [-0.4, -0.2) is 75.5 Å². The normalized spacial score (nSPS) is 5.93. The van der Waals surface area contributed by atoms with Gasteiger partial charge in [0.05, 0.1) is 0 Å². The van der Waals surface area contributed by atoms with Crippen molar-refractivity contribution in [1.29, 1.82) is 0 Å². The molecule has 0 radical (unpaired) electrons. The van der Waals surface area contributed by atoms with Crippen LogP contribution in [0, 0.1) is 20.2 Å². The van der Waals surface area contributed by atoms with Gasteiger partial charge in [-0.1, -0.05) is 0 Å². The third kappa shape index (κ3) is 441. The van der Waals surface area contributed by atoms with Gasteiger partial charge in [-0.2, -0.15) is 7.82 Å². The molecule has 0 aromatic carbocycles. The Labute approximate surface area is 160 Å². The monoisotopic (exact) mass is 290 g/mol. The molecule has 14 heavy (non-hydrogen) atoms. The SMILES string of the molecule is O=N[O-].O=N[O-].O=P([O-])([O-])[O-].[Ca+2].[Ca+2].[Na+]. The fourth-order valence-corrected chi connectivity index (χ4v) is 0. The topological polar surface area (TPSA) is 191 Å². The quantitative estimate of drug-likeness (QED) is 0.182. The molecule has 0 rings (SSSR count). The van der Waals surface area contributed by atoms with Gasteiger partial charge in [0, 0.05) is 0 Å². The minimum absolute atomic E-state index is 0. The van der Waals surface area contributed by atoms with Crippen LogP contribution in [0.5, 0.6) is 0 Å². The third-order valence-corrected chi connectivity index (χ3v) is 0. The molecule has 0 aliphatic heterocycles. The predicted octanol–water partition coefficient (Wildman–Crippen LogP) is -6.08. The van der Waals surface area contributed by atoms with Crippen LogP contribution in [-0.2, 0) is 4.57 Å². The Morgan fingerprint density at radius 2 is 0.857 bits per heavy atom. The zero-order valence-corrected chi connectivity index (χ0v) is 14.3. The van der Waals surface area contributed by atoms with Gasteiger partial charge in [-0.3, -0.25) is 0 Å². The maximum atomic E-state index is 8.55. The molecule has 0 bridgehead atoms. The molecule has 0 fully saturated rings. The molecule has 0 N–H and O–H groups in total. The molecule has 10 nitrogen and oxygen atoms in total. The van der Waals surface area contributed by atoms with Crippen molar-refractivity contribution in [2.24, 2.45) is 10.7 Å². The molecule has 0 heterocycles. The van der Waals surface area contributed by atoms with Crippen molar-refractivity contribution < 1.29 is 48.8 Å². The number of rotatable bonds is 0. The van der Waals surface area contributed by atoms with Gasteiger partial charge in [0.15, 0.2) is 0 Å². The van der Waals surface area contributed by atoms with Crippen molar-refractivity contribution in [3.63, 3.8) is 0 Å². The summed E-state index contributed by atoms with van der Waals surface area (Å²) in [4.78, 5) is 41.6. The first-order valence-electron chi connectivity index (χ1n) is 1.46. The zero-order valence-electron chi connectivity index (χ0n) is 7.02. The second-order valence-corrected chi connectivity index (χ2v) is 1.49. The number of hydrogen-bond donors (Lipinski definition) is 0. The maximum absolute atomic E-state index is 8.55. The first-order valence-corrected chi connectivity index (χ1v) is 2.92. The van der Waals surface area contributed by atoms with E-state index in [0.717, 1.165) is 10.7 Å². The average molecular weight is 290 g/mol. The summed E-state index contributed by atoms with van der Waals surface area (Å²) in [6.45, 7) is 0. The van der Waals surface area contributed by atoms with Crippen LogP contribution in [0.2, 0.25) is 0 Å². The first-order chi connectivity index (χ1) is 4.83. The van der Waals surface area contributed by atoms with E-state index in [1.54, 1.807) is 0 Å². The fraction of sp³-hybridized carbons (Fsp3) is 0. The minimum atomic E-state index is -5.39. The number of phosphoric acid groups is 1. The summed E-state index contributed by atoms with van der Waals surface area (Å²) in [7, 11) is -5.39. The maximum Gasteiger partial charge on any atom is 2.00 e. The molecule has 0 saturated heterocycles. The second kappa shape index (κ2) is 29.5. The molecule has 0 amide bonds. The zero-order chi connectivity index (χ0) is 9.91. The molecule has 0 aliphatic carbocycles. The van der Waals surface area contributed by atoms with Crippen LogP contribution in [0.25, 0.3) is 0 Å². The number of nitrogens with zero attached hydrogens (tertiary/aromatic N) is 2. The smallest absolute Gasteiger partial charge is 0.822 e. The largest absolute Gasteiger partial charge is 2.00 e. The van der Waals surface area contributed by atoms with E-state index >= 15 is 0 Å². The molecule has 0 aromatic heterocycles.